The van der Waals surface area contributed by atoms with E-state index in [1.807, 2.05) is 0 Å². The van der Waals surface area contributed by atoms with Gasteiger partial charge in [-0.25, -0.2) is 10.6 Å². The predicted octanol–water partition coefficient (Wildman–Crippen LogP) is -1.41. The van der Waals surface area contributed by atoms with Gasteiger partial charge < -0.3 is 0 Å². The van der Waals surface area contributed by atoms with E-state index in [0.717, 1.165) is 0 Å². The Bertz CT molecular complexity index is 132. The van der Waals surface area contributed by atoms with E-state index in [4.69, 9.17) is 0 Å². The molecule has 0 aromatic heterocycles. The van der Waals surface area contributed by atoms with Gasteiger partial charge in [-0.15, -0.1) is 0 Å². The molecule has 0 atom stereocenters. The summed E-state index contributed by atoms with van der Waals surface area (Å²) in [6.07, 6.45) is 0. The van der Waals surface area contributed by atoms with Gasteiger partial charge in [-0.2, -0.15) is 0 Å². The van der Waals surface area contributed by atoms with Crippen molar-refractivity contribution in [3.63, 3.8) is 0 Å². The number of nitro groups is 2. The molecule has 2 N–H and O–H groups in total. The molecule has 0 unspecified atom stereocenters. The average molecular weight is 164 g/mol. The zero-order chi connectivity index (χ0) is 8.69. The van der Waals surface area contributed by atoms with Crippen LogP contribution in [0.3, 0.4) is 0 Å². The lowest BCUT2D eigenvalue weighted by atomic mass is 10.9. The third-order valence-corrected chi connectivity index (χ3v) is 0.732. The fraction of sp³-hybridized carbons (Fsp3) is 1.00. The normalized spacial score (nSPS) is 9.45. The molecule has 8 nitrogen and oxygen atoms in total. The van der Waals surface area contributed by atoms with Crippen molar-refractivity contribution in [1.82, 2.24) is 10.6 Å². The quantitative estimate of drug-likeness (QED) is 0.216. The van der Waals surface area contributed by atoms with E-state index < -0.39 is 23.2 Å². The van der Waals surface area contributed by atoms with Crippen LogP contribution in [0.5, 0.6) is 0 Å². The van der Waals surface area contributed by atoms with Crippen LogP contribution in [-0.4, -0.2) is 29.9 Å². The number of hydrogen-bond donors (Lipinski definition) is 2. The second-order valence-corrected chi connectivity index (χ2v) is 1.66. The maximum absolute atomic E-state index is 9.68. The number of nitrogens with one attached hydrogen (secondary N) is 2. The van der Waals surface area contributed by atoms with Gasteiger partial charge in [0, 0.05) is 9.85 Å². The molecule has 0 rings (SSSR count). The van der Waals surface area contributed by atoms with Crippen LogP contribution in [0.1, 0.15) is 0 Å². The molecule has 0 spiro atoms. The summed E-state index contributed by atoms with van der Waals surface area (Å²) in [5, 5.41) is 24.0. The van der Waals surface area contributed by atoms with Crippen LogP contribution in [0.4, 0.5) is 0 Å². The largest absolute Gasteiger partial charge is 0.263 e. The van der Waals surface area contributed by atoms with Crippen LogP contribution in [0.2, 0.25) is 0 Å². The van der Waals surface area contributed by atoms with Gasteiger partial charge in [-0.1, -0.05) is 0 Å². The van der Waals surface area contributed by atoms with Gasteiger partial charge in [0.2, 0.25) is 0 Å². The minimum absolute atomic E-state index is 0.0575. The summed E-state index contributed by atoms with van der Waals surface area (Å²) in [5.74, 6) is 0. The topological polar surface area (TPSA) is 110 Å². The van der Waals surface area contributed by atoms with Crippen LogP contribution >= 0.6 is 0 Å². The zero-order valence-electron chi connectivity index (χ0n) is 5.65. The Labute approximate surface area is 61.9 Å². The molecule has 8 heteroatoms. The van der Waals surface area contributed by atoms with Gasteiger partial charge in [0.15, 0.2) is 0 Å². The van der Waals surface area contributed by atoms with Crippen molar-refractivity contribution in [3.05, 3.63) is 20.2 Å². The van der Waals surface area contributed by atoms with Crippen LogP contribution in [0, 0.1) is 20.2 Å². The molecule has 0 aliphatic heterocycles. The van der Waals surface area contributed by atoms with E-state index in [2.05, 4.69) is 10.6 Å². The van der Waals surface area contributed by atoms with Crippen LogP contribution in [-0.2, 0) is 0 Å². The minimum Gasteiger partial charge on any atom is -0.263 e. The van der Waals surface area contributed by atoms with Crippen molar-refractivity contribution < 1.29 is 9.85 Å². The Kier molecular flexibility index (Phi) is 4.86. The summed E-state index contributed by atoms with van der Waals surface area (Å²) in [7, 11) is 0. The van der Waals surface area contributed by atoms with Crippen molar-refractivity contribution >= 4 is 0 Å². The summed E-state index contributed by atoms with van der Waals surface area (Å²) in [4.78, 5) is 18.2. The fourth-order valence-electron chi connectivity index (χ4n) is 0.383. The molecular formula is C3H8N4O4. The maximum atomic E-state index is 9.68. The third kappa shape index (κ3) is 8.72. The molecular weight excluding hydrogens is 156 g/mol. The second-order valence-electron chi connectivity index (χ2n) is 1.66. The molecule has 64 valence electrons. The highest BCUT2D eigenvalue weighted by atomic mass is 16.6. The number of nitrogens with zero attached hydrogens (tertiary/aromatic N) is 2. The Hall–Kier alpha value is -1.28. The van der Waals surface area contributed by atoms with Gasteiger partial charge in [-0.05, 0) is 0 Å². The summed E-state index contributed by atoms with van der Waals surface area (Å²) in [5.41, 5.74) is 0. The second kappa shape index (κ2) is 5.50. The number of rotatable bonds is 6. The Morgan fingerprint density at radius 2 is 1.36 bits per heavy atom. The van der Waals surface area contributed by atoms with Crippen LogP contribution in [0.15, 0.2) is 0 Å². The highest BCUT2D eigenvalue weighted by Gasteiger charge is 1.95. The molecule has 0 aromatic rings. The van der Waals surface area contributed by atoms with E-state index in [1.165, 1.54) is 0 Å². The maximum Gasteiger partial charge on any atom is 0.257 e. The van der Waals surface area contributed by atoms with Crippen molar-refractivity contribution in [2.75, 3.05) is 20.0 Å². The SMILES string of the molecule is O=[N+]([O-])CNCNC[N+](=O)[O-]. The molecule has 0 heterocycles. The van der Waals surface area contributed by atoms with E-state index in [-0.39, 0.29) is 6.67 Å². The lowest BCUT2D eigenvalue weighted by Crippen LogP contribution is -2.35. The number of hydrogen-bond acceptors (Lipinski definition) is 6. The van der Waals surface area contributed by atoms with Gasteiger partial charge >= 0.3 is 0 Å². The van der Waals surface area contributed by atoms with Crippen molar-refractivity contribution in [2.45, 2.75) is 0 Å². The molecule has 0 amide bonds. The van der Waals surface area contributed by atoms with Crippen molar-refractivity contribution in [1.29, 1.82) is 0 Å². The molecule has 0 aliphatic carbocycles. The molecule has 0 radical (unpaired) electrons. The van der Waals surface area contributed by atoms with Crippen molar-refractivity contribution in [3.8, 4) is 0 Å². The molecule has 11 heavy (non-hydrogen) atoms. The smallest absolute Gasteiger partial charge is 0.257 e. The monoisotopic (exact) mass is 164 g/mol. The Balaban J connectivity index is 3.03. The zero-order valence-corrected chi connectivity index (χ0v) is 5.65. The third-order valence-electron chi connectivity index (χ3n) is 0.732. The highest BCUT2D eigenvalue weighted by Crippen LogP contribution is 1.62. The summed E-state index contributed by atoms with van der Waals surface area (Å²) in [6, 6.07) is 0. The molecule has 0 bridgehead atoms. The molecule has 0 aromatic carbocycles. The lowest BCUT2D eigenvalue weighted by Gasteiger charge is -1.97. The molecule has 0 saturated heterocycles. The highest BCUT2D eigenvalue weighted by molar-refractivity contribution is 4.32. The van der Waals surface area contributed by atoms with E-state index >= 15 is 0 Å². The average Bonchev–Trinajstić information content (AvgIpc) is 1.85. The molecule has 0 saturated carbocycles. The van der Waals surface area contributed by atoms with Crippen LogP contribution in [0.25, 0.3) is 0 Å². The first-order valence-electron chi connectivity index (χ1n) is 2.78. The van der Waals surface area contributed by atoms with Crippen LogP contribution < -0.4 is 10.6 Å². The lowest BCUT2D eigenvalue weighted by molar-refractivity contribution is -0.491. The van der Waals surface area contributed by atoms with Gasteiger partial charge in [-0.3, -0.25) is 20.2 Å². The van der Waals surface area contributed by atoms with Gasteiger partial charge in [0.25, 0.3) is 13.3 Å². The molecule has 0 aliphatic rings. The Morgan fingerprint density at radius 3 is 1.64 bits per heavy atom. The van der Waals surface area contributed by atoms with Gasteiger partial charge in [0.05, 0.1) is 6.67 Å². The first-order valence-corrected chi connectivity index (χ1v) is 2.78. The minimum atomic E-state index is -0.562. The van der Waals surface area contributed by atoms with E-state index in [0.29, 0.717) is 0 Å². The Morgan fingerprint density at radius 1 is 1.00 bits per heavy atom. The fourth-order valence-corrected chi connectivity index (χ4v) is 0.383. The van der Waals surface area contributed by atoms with Crippen molar-refractivity contribution in [2.24, 2.45) is 0 Å². The van der Waals surface area contributed by atoms with E-state index in [9.17, 15) is 20.2 Å². The van der Waals surface area contributed by atoms with Gasteiger partial charge in [0.1, 0.15) is 0 Å². The molecule has 0 fully saturated rings. The first-order chi connectivity index (χ1) is 5.13. The summed E-state index contributed by atoms with van der Waals surface area (Å²) >= 11 is 0. The van der Waals surface area contributed by atoms with E-state index in [1.54, 1.807) is 0 Å². The first kappa shape index (κ1) is 9.72. The summed E-state index contributed by atoms with van der Waals surface area (Å²) in [6.45, 7) is -0.739. The predicted molar refractivity (Wildman–Crippen MR) is 34.9 cm³/mol. The standard InChI is InChI=1S/C3H8N4O4/c8-6(9)2-4-1-5-3-7(10)11/h4-5H,1-3H2. The summed E-state index contributed by atoms with van der Waals surface area (Å²) < 4.78 is 0.